The van der Waals surface area contributed by atoms with Crippen molar-refractivity contribution in [3.8, 4) is 5.69 Å². The Morgan fingerprint density at radius 3 is 2.85 bits per heavy atom. The second kappa shape index (κ2) is 2.90. The summed E-state index contributed by atoms with van der Waals surface area (Å²) in [5.74, 6) is 0. The molecule has 0 aliphatic rings. The van der Waals surface area contributed by atoms with Crippen molar-refractivity contribution in [1.29, 1.82) is 0 Å². The molecule has 4 nitrogen and oxygen atoms in total. The Morgan fingerprint density at radius 1 is 1.38 bits per heavy atom. The van der Waals surface area contributed by atoms with Crippen LogP contribution in [0.3, 0.4) is 0 Å². The minimum absolute atomic E-state index is 0.765. The van der Waals surface area contributed by atoms with Crippen LogP contribution < -0.4 is 5.73 Å². The topological polar surface area (TPSA) is 56.7 Å². The summed E-state index contributed by atoms with van der Waals surface area (Å²) in [6, 6.07) is 5.69. The van der Waals surface area contributed by atoms with Gasteiger partial charge < -0.3 is 5.73 Å². The van der Waals surface area contributed by atoms with E-state index in [0.29, 0.717) is 0 Å². The highest BCUT2D eigenvalue weighted by atomic mass is 15.3. The molecular formula is C9H10N4. The fourth-order valence-corrected chi connectivity index (χ4v) is 1.27. The Kier molecular flexibility index (Phi) is 1.73. The molecule has 0 unspecified atom stereocenters. The van der Waals surface area contributed by atoms with E-state index in [2.05, 4.69) is 10.1 Å². The van der Waals surface area contributed by atoms with Gasteiger partial charge in [0.05, 0.1) is 5.69 Å². The molecule has 0 aliphatic heterocycles. The van der Waals surface area contributed by atoms with E-state index in [1.807, 2.05) is 25.1 Å². The van der Waals surface area contributed by atoms with E-state index < -0.39 is 0 Å². The predicted molar refractivity (Wildman–Crippen MR) is 50.5 cm³/mol. The van der Waals surface area contributed by atoms with Gasteiger partial charge in [0.1, 0.15) is 12.7 Å². The van der Waals surface area contributed by atoms with E-state index in [4.69, 9.17) is 5.73 Å². The number of hydrogen-bond acceptors (Lipinski definition) is 3. The lowest BCUT2D eigenvalue weighted by Crippen LogP contribution is -1.98. The van der Waals surface area contributed by atoms with Crippen LogP contribution in [-0.2, 0) is 0 Å². The summed E-state index contributed by atoms with van der Waals surface area (Å²) in [6.07, 6.45) is 3.17. The Labute approximate surface area is 76.0 Å². The first kappa shape index (κ1) is 7.79. The maximum Gasteiger partial charge on any atom is 0.138 e. The monoisotopic (exact) mass is 174 g/mol. The quantitative estimate of drug-likeness (QED) is 0.660. The van der Waals surface area contributed by atoms with Gasteiger partial charge in [-0.05, 0) is 30.7 Å². The maximum atomic E-state index is 5.64. The van der Waals surface area contributed by atoms with Crippen LogP contribution in [0.1, 0.15) is 5.56 Å². The van der Waals surface area contributed by atoms with Gasteiger partial charge in [-0.15, -0.1) is 0 Å². The molecule has 0 radical (unpaired) electrons. The number of benzene rings is 1. The first-order valence-electron chi connectivity index (χ1n) is 3.98. The number of nitrogen functional groups attached to an aromatic ring is 1. The van der Waals surface area contributed by atoms with E-state index in [1.54, 1.807) is 11.0 Å². The van der Waals surface area contributed by atoms with Crippen LogP contribution in [0.5, 0.6) is 0 Å². The van der Waals surface area contributed by atoms with Crippen molar-refractivity contribution in [2.45, 2.75) is 6.92 Å². The van der Waals surface area contributed by atoms with E-state index >= 15 is 0 Å². The van der Waals surface area contributed by atoms with Gasteiger partial charge in [0.2, 0.25) is 0 Å². The predicted octanol–water partition coefficient (Wildman–Crippen LogP) is 1.16. The van der Waals surface area contributed by atoms with Gasteiger partial charge in [-0.2, -0.15) is 5.10 Å². The zero-order valence-electron chi connectivity index (χ0n) is 7.31. The minimum atomic E-state index is 0.765. The van der Waals surface area contributed by atoms with Crippen molar-refractivity contribution < 1.29 is 0 Å². The average Bonchev–Trinajstić information content (AvgIpc) is 2.56. The normalized spacial score (nSPS) is 10.2. The van der Waals surface area contributed by atoms with Crippen molar-refractivity contribution in [2.75, 3.05) is 5.73 Å². The van der Waals surface area contributed by atoms with Crippen LogP contribution in [0.25, 0.3) is 5.69 Å². The van der Waals surface area contributed by atoms with Gasteiger partial charge in [0.25, 0.3) is 0 Å². The van der Waals surface area contributed by atoms with Crippen LogP contribution in [0.15, 0.2) is 30.9 Å². The van der Waals surface area contributed by atoms with Crippen LogP contribution in [-0.4, -0.2) is 14.8 Å². The van der Waals surface area contributed by atoms with Gasteiger partial charge >= 0.3 is 0 Å². The summed E-state index contributed by atoms with van der Waals surface area (Å²) in [7, 11) is 0. The summed E-state index contributed by atoms with van der Waals surface area (Å²) < 4.78 is 1.72. The van der Waals surface area contributed by atoms with Crippen molar-refractivity contribution in [3.63, 3.8) is 0 Å². The molecular weight excluding hydrogens is 164 g/mol. The average molecular weight is 174 g/mol. The molecule has 2 aromatic rings. The molecule has 0 saturated carbocycles. The molecule has 2 rings (SSSR count). The van der Waals surface area contributed by atoms with E-state index in [0.717, 1.165) is 16.9 Å². The standard InChI is InChI=1S/C9H10N4/c1-7-4-8(10)2-3-9(7)13-6-11-5-12-13/h2-6H,10H2,1H3. The van der Waals surface area contributed by atoms with Gasteiger partial charge in [-0.3, -0.25) is 0 Å². The summed E-state index contributed by atoms with van der Waals surface area (Å²) in [5.41, 5.74) is 8.50. The van der Waals surface area contributed by atoms with Gasteiger partial charge in [-0.25, -0.2) is 9.67 Å². The third kappa shape index (κ3) is 1.38. The van der Waals surface area contributed by atoms with E-state index in [-0.39, 0.29) is 0 Å². The lowest BCUT2D eigenvalue weighted by molar-refractivity contribution is 0.871. The van der Waals surface area contributed by atoms with Gasteiger partial charge in [0, 0.05) is 5.69 Å². The number of nitrogens with two attached hydrogens (primary N) is 1. The van der Waals surface area contributed by atoms with Crippen molar-refractivity contribution >= 4 is 5.69 Å². The number of rotatable bonds is 1. The number of hydrogen-bond donors (Lipinski definition) is 1. The summed E-state index contributed by atoms with van der Waals surface area (Å²) >= 11 is 0. The second-order valence-corrected chi connectivity index (χ2v) is 2.89. The number of aryl methyl sites for hydroxylation is 1. The number of nitrogens with zero attached hydrogens (tertiary/aromatic N) is 3. The molecule has 0 fully saturated rings. The van der Waals surface area contributed by atoms with Gasteiger partial charge in [-0.1, -0.05) is 0 Å². The Hall–Kier alpha value is -1.84. The zero-order valence-corrected chi connectivity index (χ0v) is 7.31. The summed E-state index contributed by atoms with van der Waals surface area (Å²) in [6.45, 7) is 1.99. The van der Waals surface area contributed by atoms with Crippen LogP contribution in [0, 0.1) is 6.92 Å². The zero-order chi connectivity index (χ0) is 9.26. The van der Waals surface area contributed by atoms with Crippen LogP contribution in [0.4, 0.5) is 5.69 Å². The molecule has 2 N–H and O–H groups in total. The van der Waals surface area contributed by atoms with Crippen molar-refractivity contribution in [2.24, 2.45) is 0 Å². The third-order valence-corrected chi connectivity index (χ3v) is 1.89. The molecule has 1 heterocycles. The lowest BCUT2D eigenvalue weighted by atomic mass is 10.2. The third-order valence-electron chi connectivity index (χ3n) is 1.89. The van der Waals surface area contributed by atoms with Gasteiger partial charge in [0.15, 0.2) is 0 Å². The first-order chi connectivity index (χ1) is 6.27. The molecule has 0 bridgehead atoms. The molecule has 1 aromatic heterocycles. The first-order valence-corrected chi connectivity index (χ1v) is 3.98. The molecule has 13 heavy (non-hydrogen) atoms. The second-order valence-electron chi connectivity index (χ2n) is 2.89. The summed E-state index contributed by atoms with van der Waals surface area (Å²) in [4.78, 5) is 3.88. The Morgan fingerprint density at radius 2 is 2.23 bits per heavy atom. The van der Waals surface area contributed by atoms with Crippen LogP contribution >= 0.6 is 0 Å². The smallest absolute Gasteiger partial charge is 0.138 e. The SMILES string of the molecule is Cc1cc(N)ccc1-n1cncn1. The highest BCUT2D eigenvalue weighted by Gasteiger charge is 2.00. The van der Waals surface area contributed by atoms with E-state index in [1.165, 1.54) is 6.33 Å². The molecule has 0 aliphatic carbocycles. The van der Waals surface area contributed by atoms with Crippen LogP contribution in [0.2, 0.25) is 0 Å². The van der Waals surface area contributed by atoms with Crippen molar-refractivity contribution in [3.05, 3.63) is 36.4 Å². The minimum Gasteiger partial charge on any atom is -0.399 e. The Bertz CT molecular complexity index is 406. The fraction of sp³-hybridized carbons (Fsp3) is 0.111. The highest BCUT2D eigenvalue weighted by Crippen LogP contribution is 2.15. The summed E-state index contributed by atoms with van der Waals surface area (Å²) in [5, 5.41) is 4.04. The molecule has 0 spiro atoms. The number of anilines is 1. The molecule has 1 aromatic carbocycles. The van der Waals surface area contributed by atoms with Crippen molar-refractivity contribution in [1.82, 2.24) is 14.8 Å². The maximum absolute atomic E-state index is 5.64. The molecule has 0 atom stereocenters. The molecule has 66 valence electrons. The molecule has 4 heteroatoms. The molecule has 0 amide bonds. The Balaban J connectivity index is 2.53. The lowest BCUT2D eigenvalue weighted by Gasteiger charge is -2.04. The number of aromatic nitrogens is 3. The fourth-order valence-electron chi connectivity index (χ4n) is 1.27. The largest absolute Gasteiger partial charge is 0.399 e. The highest BCUT2D eigenvalue weighted by molar-refractivity contribution is 5.50. The molecule has 0 saturated heterocycles. The van der Waals surface area contributed by atoms with E-state index in [9.17, 15) is 0 Å².